The summed E-state index contributed by atoms with van der Waals surface area (Å²) in [6.07, 6.45) is -5.56. The minimum absolute atomic E-state index is 0.105. The molecule has 1 aromatic heterocycles. The maximum atomic E-state index is 14.2. The first-order chi connectivity index (χ1) is 15.3. The number of hydrogen-bond acceptors (Lipinski definition) is 4. The molecule has 1 heterocycles. The van der Waals surface area contributed by atoms with Gasteiger partial charge in [-0.25, -0.2) is 0 Å². The first-order valence-corrected chi connectivity index (χ1v) is 13.5. The lowest BCUT2D eigenvalue weighted by Crippen LogP contribution is -2.15. The molecular weight excluding hydrogens is 515 g/mol. The van der Waals surface area contributed by atoms with Crippen LogP contribution in [0.1, 0.15) is 49.4 Å². The fourth-order valence-electron chi connectivity index (χ4n) is 3.47. The monoisotopic (exact) mass is 538 g/mol. The summed E-state index contributed by atoms with van der Waals surface area (Å²) in [7, 11) is -3.90. The van der Waals surface area contributed by atoms with Crippen LogP contribution in [0.5, 0.6) is 0 Å². The summed E-state index contributed by atoms with van der Waals surface area (Å²) in [5.74, 6) is 0. The summed E-state index contributed by atoms with van der Waals surface area (Å²) in [5, 5.41) is 1.27. The van der Waals surface area contributed by atoms with E-state index in [4.69, 9.17) is 32.2 Å². The third kappa shape index (κ3) is 6.14. The lowest BCUT2D eigenvalue weighted by atomic mass is 10.0. The van der Waals surface area contributed by atoms with Crippen molar-refractivity contribution in [1.82, 2.24) is 0 Å². The molecule has 3 rings (SSSR count). The average molecular weight is 539 g/mol. The molecular formula is C23H24Cl2F3O3PS. The number of rotatable bonds is 8. The third-order valence-corrected chi connectivity index (χ3v) is 9.73. The van der Waals surface area contributed by atoms with E-state index < -0.39 is 37.2 Å². The van der Waals surface area contributed by atoms with Gasteiger partial charge in [-0.15, -0.1) is 11.3 Å². The van der Waals surface area contributed by atoms with Crippen LogP contribution < -0.4 is 0 Å². The zero-order valence-corrected chi connectivity index (χ0v) is 21.7. The molecule has 10 heteroatoms. The van der Waals surface area contributed by atoms with E-state index in [0.29, 0.717) is 9.90 Å². The lowest BCUT2D eigenvalue weighted by Gasteiger charge is -2.30. The molecule has 0 saturated carbocycles. The summed E-state index contributed by atoms with van der Waals surface area (Å²) in [5.41, 5.74) is -1.61. The molecule has 0 bridgehead atoms. The fourth-order valence-corrected chi connectivity index (χ4v) is 8.19. The van der Waals surface area contributed by atoms with Gasteiger partial charge in [0.2, 0.25) is 0 Å². The smallest absolute Gasteiger partial charge is 0.305 e. The van der Waals surface area contributed by atoms with Gasteiger partial charge >= 0.3 is 13.8 Å². The molecule has 180 valence electrons. The molecule has 3 aromatic rings. The van der Waals surface area contributed by atoms with Crippen molar-refractivity contribution in [3.63, 3.8) is 0 Å². The van der Waals surface area contributed by atoms with Crippen LogP contribution in [0.2, 0.25) is 10.0 Å². The van der Waals surface area contributed by atoms with Gasteiger partial charge in [0.05, 0.1) is 22.8 Å². The minimum atomic E-state index is -4.54. The maximum Gasteiger partial charge on any atom is 0.416 e. The van der Waals surface area contributed by atoms with E-state index in [1.54, 1.807) is 27.7 Å². The van der Waals surface area contributed by atoms with Crippen LogP contribution in [0.25, 0.3) is 10.1 Å². The van der Waals surface area contributed by atoms with Crippen molar-refractivity contribution >= 4 is 52.2 Å². The number of thiophene rings is 1. The van der Waals surface area contributed by atoms with E-state index >= 15 is 0 Å². The molecule has 0 aliphatic heterocycles. The Morgan fingerprint density at radius 3 is 2.15 bits per heavy atom. The van der Waals surface area contributed by atoms with Crippen LogP contribution in [0.15, 0.2) is 42.5 Å². The van der Waals surface area contributed by atoms with Gasteiger partial charge < -0.3 is 9.05 Å². The average Bonchev–Trinajstić information content (AvgIpc) is 3.01. The second-order valence-corrected chi connectivity index (χ2v) is 12.1. The van der Waals surface area contributed by atoms with Gasteiger partial charge in [-0.05, 0) is 63.9 Å². The highest BCUT2D eigenvalue weighted by Crippen LogP contribution is 2.66. The van der Waals surface area contributed by atoms with Crippen molar-refractivity contribution in [2.75, 3.05) is 0 Å². The minimum Gasteiger partial charge on any atom is -0.305 e. The topological polar surface area (TPSA) is 35.5 Å². The molecule has 3 nitrogen and oxygen atoms in total. The fraction of sp³-hybridized carbons (Fsp3) is 0.391. The number of benzene rings is 2. The van der Waals surface area contributed by atoms with E-state index in [1.165, 1.54) is 17.4 Å². The van der Waals surface area contributed by atoms with E-state index in [9.17, 15) is 17.7 Å². The second-order valence-electron chi connectivity index (χ2n) is 8.15. The number of hydrogen-bond donors (Lipinski definition) is 0. The second kappa shape index (κ2) is 10.3. The van der Waals surface area contributed by atoms with Gasteiger partial charge in [0, 0.05) is 20.0 Å². The third-order valence-electron chi connectivity index (χ3n) is 4.75. The van der Waals surface area contributed by atoms with Gasteiger partial charge in [0.15, 0.2) is 0 Å². The van der Waals surface area contributed by atoms with Gasteiger partial charge in [0.25, 0.3) is 0 Å². The molecule has 0 spiro atoms. The van der Waals surface area contributed by atoms with Gasteiger partial charge in [0.1, 0.15) is 5.66 Å². The lowest BCUT2D eigenvalue weighted by molar-refractivity contribution is -0.137. The van der Waals surface area contributed by atoms with E-state index in [1.807, 2.05) is 24.3 Å². The van der Waals surface area contributed by atoms with E-state index in [2.05, 4.69) is 0 Å². The van der Waals surface area contributed by atoms with E-state index in [-0.39, 0.29) is 17.0 Å². The van der Waals surface area contributed by atoms with Crippen LogP contribution in [0.3, 0.4) is 0 Å². The Kier molecular flexibility index (Phi) is 8.25. The highest BCUT2D eigenvalue weighted by molar-refractivity contribution is 7.54. The molecule has 2 aromatic carbocycles. The highest BCUT2D eigenvalue weighted by atomic mass is 35.5. The summed E-state index contributed by atoms with van der Waals surface area (Å²) in [6.45, 7) is 6.88. The zero-order chi connectivity index (χ0) is 24.6. The largest absolute Gasteiger partial charge is 0.416 e. The van der Waals surface area contributed by atoms with Crippen LogP contribution in [-0.2, 0) is 26.2 Å². The Labute approximate surface area is 205 Å². The van der Waals surface area contributed by atoms with Crippen LogP contribution >= 0.6 is 42.1 Å². The molecule has 1 unspecified atom stereocenters. The predicted octanol–water partition coefficient (Wildman–Crippen LogP) is 9.55. The quantitative estimate of drug-likeness (QED) is 0.268. The molecule has 0 aliphatic carbocycles. The summed E-state index contributed by atoms with van der Waals surface area (Å²) < 4.78 is 66.9. The van der Waals surface area contributed by atoms with Crippen LogP contribution in [-0.4, -0.2) is 12.2 Å². The Balaban J connectivity index is 2.21. The molecule has 0 radical (unpaired) electrons. The summed E-state index contributed by atoms with van der Waals surface area (Å²) in [4.78, 5) is 0.524. The molecule has 0 saturated heterocycles. The number of halogens is 5. The molecule has 0 N–H and O–H groups in total. The van der Waals surface area contributed by atoms with Gasteiger partial charge in [-0.3, -0.25) is 4.57 Å². The first-order valence-electron chi connectivity index (χ1n) is 10.3. The molecule has 33 heavy (non-hydrogen) atoms. The number of alkyl halides is 3. The van der Waals surface area contributed by atoms with Crippen molar-refractivity contribution in [1.29, 1.82) is 0 Å². The molecule has 0 fully saturated rings. The Morgan fingerprint density at radius 1 is 1.00 bits per heavy atom. The summed E-state index contributed by atoms with van der Waals surface area (Å²) in [6, 6.07) is 10.5. The molecule has 0 aliphatic rings. The maximum absolute atomic E-state index is 14.2. The van der Waals surface area contributed by atoms with Crippen molar-refractivity contribution < 1.29 is 26.8 Å². The Morgan fingerprint density at radius 2 is 1.61 bits per heavy atom. The standard InChI is InChI=1S/C23H24Cl2F3O3PS/c1-13(2)30-32(29,31-14(3)4)19(22-21(25)17-7-5-6-8-20(17)33-22)12-15-11-16(23(26,27)28)9-10-18(15)24/h5-11,13-14,19H,12H2,1-4H3. The summed E-state index contributed by atoms with van der Waals surface area (Å²) >= 11 is 14.3. The van der Waals surface area contributed by atoms with Crippen LogP contribution in [0, 0.1) is 0 Å². The van der Waals surface area contributed by atoms with Crippen LogP contribution in [0.4, 0.5) is 13.2 Å². The Bertz CT molecular complexity index is 1160. The van der Waals surface area contributed by atoms with Crippen molar-refractivity contribution in [2.45, 2.75) is 58.2 Å². The predicted molar refractivity (Wildman–Crippen MR) is 130 cm³/mol. The van der Waals surface area contributed by atoms with Crippen molar-refractivity contribution in [3.8, 4) is 0 Å². The van der Waals surface area contributed by atoms with E-state index in [0.717, 1.165) is 22.2 Å². The van der Waals surface area contributed by atoms with Crippen molar-refractivity contribution in [2.24, 2.45) is 0 Å². The highest BCUT2D eigenvalue weighted by Gasteiger charge is 2.42. The Hall–Kier alpha value is -1.08. The number of fused-ring (bicyclic) bond motifs is 1. The SMILES string of the molecule is CC(C)OP(=O)(OC(C)C)C(Cc1cc(C(F)(F)F)ccc1Cl)c1sc2ccccc2c1Cl. The molecule has 1 atom stereocenters. The van der Waals surface area contributed by atoms with Gasteiger partial charge in [-0.1, -0.05) is 41.4 Å². The van der Waals surface area contributed by atoms with Gasteiger partial charge in [-0.2, -0.15) is 13.2 Å². The normalized spacial score (nSPS) is 13.9. The zero-order valence-electron chi connectivity index (χ0n) is 18.5. The first kappa shape index (κ1) is 26.5. The van der Waals surface area contributed by atoms with Crippen molar-refractivity contribution in [3.05, 3.63) is 68.5 Å². The molecule has 0 amide bonds.